The van der Waals surface area contributed by atoms with Gasteiger partial charge in [-0.05, 0) is 35.4 Å². The average molecular weight is 328 g/mol. The zero-order valence-electron chi connectivity index (χ0n) is 12.1. The molecule has 0 bridgehead atoms. The summed E-state index contributed by atoms with van der Waals surface area (Å²) in [5.41, 5.74) is 0.544. The van der Waals surface area contributed by atoms with Crippen LogP contribution in [0.5, 0.6) is 23.3 Å². The smallest absolute Gasteiger partial charge is 0.311 e. The summed E-state index contributed by atoms with van der Waals surface area (Å²) in [6, 6.07) is 9.48. The van der Waals surface area contributed by atoms with Crippen molar-refractivity contribution in [3.8, 4) is 45.5 Å². The average Bonchev–Trinajstić information content (AvgIpc) is 2.83. The Hall–Kier alpha value is -3.68. The van der Waals surface area contributed by atoms with E-state index in [4.69, 9.17) is 0 Å². The number of aromatic hydroxyl groups is 4. The number of phenolic OH excluding ortho intramolecular Hbond substituents is 2. The highest BCUT2D eigenvalue weighted by molar-refractivity contribution is 5.91. The maximum absolute atomic E-state index is 11.0. The van der Waals surface area contributed by atoms with E-state index in [1.807, 2.05) is 0 Å². The lowest BCUT2D eigenvalue weighted by Crippen LogP contribution is -1.90. The first-order valence-electron chi connectivity index (χ1n) is 6.79. The summed E-state index contributed by atoms with van der Waals surface area (Å²) in [6.45, 7) is 0. The molecule has 2 aromatic carbocycles. The molecular formula is C16H12N2O6. The summed E-state index contributed by atoms with van der Waals surface area (Å²) < 4.78 is 0. The number of aromatic nitrogens is 1. The van der Waals surface area contributed by atoms with Gasteiger partial charge in [0.15, 0.2) is 17.5 Å². The molecule has 3 aromatic rings. The van der Waals surface area contributed by atoms with Gasteiger partial charge in [-0.15, -0.1) is 0 Å². The number of nitrogens with zero attached hydrogens (tertiary/aromatic N) is 1. The molecule has 0 spiro atoms. The highest BCUT2D eigenvalue weighted by Gasteiger charge is 2.23. The minimum atomic E-state index is -0.747. The predicted octanol–water partition coefficient (Wildman–Crippen LogP) is 3.08. The molecule has 5 N–H and O–H groups in total. The van der Waals surface area contributed by atoms with Crippen molar-refractivity contribution in [2.45, 2.75) is 0 Å². The predicted molar refractivity (Wildman–Crippen MR) is 85.0 cm³/mol. The number of benzene rings is 2. The SMILES string of the molecule is O=[N+]([O-])c1cc(-c2c(O)[nH]c(O)c2-c2ccc(O)cc2)ccc1O. The Morgan fingerprint density at radius 2 is 1.38 bits per heavy atom. The van der Waals surface area contributed by atoms with Crippen molar-refractivity contribution in [2.75, 3.05) is 0 Å². The molecule has 24 heavy (non-hydrogen) atoms. The van der Waals surface area contributed by atoms with Gasteiger partial charge in [0.25, 0.3) is 0 Å². The van der Waals surface area contributed by atoms with Gasteiger partial charge in [0.2, 0.25) is 0 Å². The van der Waals surface area contributed by atoms with E-state index >= 15 is 0 Å². The van der Waals surface area contributed by atoms with Gasteiger partial charge in [-0.3, -0.25) is 15.1 Å². The number of nitrogens with one attached hydrogen (secondary N) is 1. The molecule has 8 heteroatoms. The molecular weight excluding hydrogens is 316 g/mol. The molecule has 0 radical (unpaired) electrons. The molecule has 0 saturated heterocycles. The van der Waals surface area contributed by atoms with E-state index in [0.717, 1.165) is 12.1 Å². The fraction of sp³-hybridized carbons (Fsp3) is 0. The Morgan fingerprint density at radius 1 is 0.833 bits per heavy atom. The van der Waals surface area contributed by atoms with E-state index in [2.05, 4.69) is 4.98 Å². The molecule has 122 valence electrons. The fourth-order valence-electron chi connectivity index (χ4n) is 2.49. The third kappa shape index (κ3) is 2.45. The van der Waals surface area contributed by atoms with Crippen LogP contribution in [-0.4, -0.2) is 30.3 Å². The van der Waals surface area contributed by atoms with E-state index in [1.165, 1.54) is 30.3 Å². The Balaban J connectivity index is 2.24. The van der Waals surface area contributed by atoms with Gasteiger partial charge in [0, 0.05) is 6.07 Å². The van der Waals surface area contributed by atoms with Crippen LogP contribution in [0.15, 0.2) is 42.5 Å². The molecule has 1 heterocycles. The van der Waals surface area contributed by atoms with Crippen LogP contribution in [0.2, 0.25) is 0 Å². The Morgan fingerprint density at radius 3 is 1.96 bits per heavy atom. The molecule has 0 saturated carbocycles. The number of hydrogen-bond acceptors (Lipinski definition) is 6. The van der Waals surface area contributed by atoms with Crippen LogP contribution in [-0.2, 0) is 0 Å². The number of nitro groups is 1. The number of H-pyrrole nitrogens is 1. The van der Waals surface area contributed by atoms with Crippen LogP contribution in [0.1, 0.15) is 0 Å². The highest BCUT2D eigenvalue weighted by atomic mass is 16.6. The molecule has 0 aliphatic carbocycles. The van der Waals surface area contributed by atoms with Gasteiger partial charge in [0.1, 0.15) is 5.75 Å². The van der Waals surface area contributed by atoms with Crippen LogP contribution in [0.25, 0.3) is 22.3 Å². The zero-order valence-corrected chi connectivity index (χ0v) is 12.1. The molecule has 8 nitrogen and oxygen atoms in total. The quantitative estimate of drug-likeness (QED) is 0.370. The van der Waals surface area contributed by atoms with Crippen LogP contribution in [0, 0.1) is 10.1 Å². The summed E-state index contributed by atoms with van der Waals surface area (Å²) in [5.74, 6) is -1.19. The Labute approximate surface area is 135 Å². The largest absolute Gasteiger partial charge is 0.508 e. The van der Waals surface area contributed by atoms with Crippen LogP contribution in [0.4, 0.5) is 5.69 Å². The van der Waals surface area contributed by atoms with E-state index in [1.54, 1.807) is 0 Å². The van der Waals surface area contributed by atoms with Gasteiger partial charge in [0.05, 0.1) is 16.1 Å². The van der Waals surface area contributed by atoms with Crippen LogP contribution in [0.3, 0.4) is 0 Å². The van der Waals surface area contributed by atoms with Crippen molar-refractivity contribution < 1.29 is 25.3 Å². The molecule has 0 unspecified atom stereocenters. The summed E-state index contributed by atoms with van der Waals surface area (Å²) in [6.07, 6.45) is 0. The van der Waals surface area contributed by atoms with Crippen molar-refractivity contribution in [1.82, 2.24) is 4.98 Å². The molecule has 0 fully saturated rings. The molecule has 0 atom stereocenters. The highest BCUT2D eigenvalue weighted by Crippen LogP contribution is 2.46. The maximum atomic E-state index is 11.0. The van der Waals surface area contributed by atoms with Gasteiger partial charge in [-0.2, -0.15) is 0 Å². The molecule has 3 rings (SSSR count). The second kappa shape index (κ2) is 5.51. The van der Waals surface area contributed by atoms with Crippen molar-refractivity contribution in [3.63, 3.8) is 0 Å². The first-order valence-corrected chi connectivity index (χ1v) is 6.79. The number of phenols is 2. The monoisotopic (exact) mass is 328 g/mol. The van der Waals surface area contributed by atoms with Gasteiger partial charge in [-0.25, -0.2) is 0 Å². The van der Waals surface area contributed by atoms with E-state index in [-0.39, 0.29) is 34.2 Å². The van der Waals surface area contributed by atoms with Crippen LogP contribution >= 0.6 is 0 Å². The molecule has 0 amide bonds. The van der Waals surface area contributed by atoms with E-state index < -0.39 is 16.4 Å². The lowest BCUT2D eigenvalue weighted by Gasteiger charge is -2.07. The standard InChI is InChI=1S/C16H12N2O6/c19-10-4-1-8(2-5-10)13-14(16(22)17-15(13)21)9-3-6-12(20)11(7-9)18(23)24/h1-7,17,19-22H. The van der Waals surface area contributed by atoms with E-state index in [0.29, 0.717) is 5.56 Å². The second-order valence-corrected chi connectivity index (χ2v) is 5.08. The lowest BCUT2D eigenvalue weighted by molar-refractivity contribution is -0.385. The van der Waals surface area contributed by atoms with Gasteiger partial charge >= 0.3 is 5.69 Å². The zero-order chi connectivity index (χ0) is 17.4. The normalized spacial score (nSPS) is 10.7. The molecule has 0 aliphatic rings. The second-order valence-electron chi connectivity index (χ2n) is 5.08. The first-order chi connectivity index (χ1) is 11.4. The number of rotatable bonds is 3. The summed E-state index contributed by atoms with van der Waals surface area (Å²) in [7, 11) is 0. The summed E-state index contributed by atoms with van der Waals surface area (Å²) in [5, 5.41) is 50.1. The van der Waals surface area contributed by atoms with Gasteiger partial charge in [-0.1, -0.05) is 12.1 Å². The molecule has 1 aromatic heterocycles. The third-order valence-electron chi connectivity index (χ3n) is 3.58. The summed E-state index contributed by atoms with van der Waals surface area (Å²) >= 11 is 0. The molecule has 0 aliphatic heterocycles. The lowest BCUT2D eigenvalue weighted by atomic mass is 9.97. The first kappa shape index (κ1) is 15.2. The van der Waals surface area contributed by atoms with Crippen molar-refractivity contribution in [1.29, 1.82) is 0 Å². The number of hydrogen-bond donors (Lipinski definition) is 5. The maximum Gasteiger partial charge on any atom is 0.311 e. The van der Waals surface area contributed by atoms with Gasteiger partial charge < -0.3 is 20.4 Å². The third-order valence-corrected chi connectivity index (χ3v) is 3.58. The fourth-order valence-corrected chi connectivity index (χ4v) is 2.49. The number of aromatic amines is 1. The van der Waals surface area contributed by atoms with Crippen molar-refractivity contribution in [3.05, 3.63) is 52.6 Å². The Bertz CT molecular complexity index is 930. The van der Waals surface area contributed by atoms with Crippen LogP contribution < -0.4 is 0 Å². The topological polar surface area (TPSA) is 140 Å². The van der Waals surface area contributed by atoms with Crippen molar-refractivity contribution in [2.24, 2.45) is 0 Å². The minimum Gasteiger partial charge on any atom is -0.508 e. The summed E-state index contributed by atoms with van der Waals surface area (Å²) in [4.78, 5) is 12.6. The Kier molecular flexibility index (Phi) is 3.49. The van der Waals surface area contributed by atoms with Crippen molar-refractivity contribution >= 4 is 5.69 Å². The minimum absolute atomic E-state index is 0.0276. The van der Waals surface area contributed by atoms with E-state index in [9.17, 15) is 30.5 Å². The number of nitro benzene ring substituents is 1.